The Hall–Kier alpha value is -3.10. The van der Waals surface area contributed by atoms with Crippen molar-refractivity contribution in [1.82, 2.24) is 4.90 Å². The number of esters is 2. The summed E-state index contributed by atoms with van der Waals surface area (Å²) in [5.41, 5.74) is -5.97. The third kappa shape index (κ3) is 5.96. The molecular formula is C38H55NO11Si. The van der Waals surface area contributed by atoms with Crippen molar-refractivity contribution in [2.75, 3.05) is 20.7 Å². The van der Waals surface area contributed by atoms with Crippen LogP contribution in [0.15, 0.2) is 41.5 Å². The third-order valence-corrected chi connectivity index (χ3v) is 17.5. The van der Waals surface area contributed by atoms with Gasteiger partial charge < -0.3 is 38.5 Å². The predicted octanol–water partition coefficient (Wildman–Crippen LogP) is 4.82. The van der Waals surface area contributed by atoms with Crippen LogP contribution < -0.4 is 0 Å². The molecule has 3 fully saturated rings. The number of ketones is 1. The van der Waals surface area contributed by atoms with Crippen molar-refractivity contribution in [3.8, 4) is 0 Å². The standard InChI is InChI=1S/C38H55NO11Si/c1-11-51(12-2,13-3)50-26-19-27-37(21-46-27,49-23(5)40)30-32(48-33(43)24-17-15-14-16-18-24)38(45)20-25(41)22(4)28(35(38,6)7)29(31(42)36(26,30)8)47-34(44)39(9)10/h14-18,25-27,29-30,32,41,45H,11-13,19-21H2,1-10H3/t25-,26-,27+,29+,30-,32-,36+,37-,38+/m0/s1. The van der Waals surface area contributed by atoms with E-state index in [1.807, 2.05) is 0 Å². The molecule has 0 radical (unpaired) electrons. The van der Waals surface area contributed by atoms with Gasteiger partial charge in [0.2, 0.25) is 0 Å². The van der Waals surface area contributed by atoms with Crippen molar-refractivity contribution in [2.24, 2.45) is 16.7 Å². The molecule has 1 saturated heterocycles. The van der Waals surface area contributed by atoms with Gasteiger partial charge in [-0.25, -0.2) is 9.59 Å². The minimum atomic E-state index is -2.50. The SMILES string of the molecule is CC[Si](CC)(CC)O[C@H]1C[C@H]2OC[C@@]2(OC(C)=O)[C@H]2[C@H](OC(=O)c3ccccc3)[C@]3(O)C[C@H](O)C(C)=C([C@@H](OC(=O)N(C)C)C(=O)[C@]12C)C3(C)C. The molecule has 12 nitrogen and oxygen atoms in total. The molecule has 1 aromatic rings. The molecule has 0 unspecified atom stereocenters. The van der Waals surface area contributed by atoms with E-state index in [1.54, 1.807) is 58.0 Å². The highest BCUT2D eigenvalue weighted by Crippen LogP contribution is 2.65. The second kappa shape index (κ2) is 13.7. The summed E-state index contributed by atoms with van der Waals surface area (Å²) in [6, 6.07) is 10.6. The summed E-state index contributed by atoms with van der Waals surface area (Å²) in [5, 5.41) is 25.0. The normalized spacial score (nSPS) is 35.6. The average Bonchev–Trinajstić information content (AvgIpc) is 3.08. The number of aliphatic hydroxyl groups excluding tert-OH is 1. The molecule has 13 heteroatoms. The number of nitrogens with zero attached hydrogens (tertiary/aromatic N) is 1. The van der Waals surface area contributed by atoms with Gasteiger partial charge in [-0.3, -0.25) is 9.59 Å². The number of benzene rings is 1. The molecule has 282 valence electrons. The Balaban J connectivity index is 1.89. The maximum Gasteiger partial charge on any atom is 0.410 e. The van der Waals surface area contributed by atoms with E-state index < -0.39 is 90.6 Å². The average molecular weight is 730 g/mol. The lowest BCUT2D eigenvalue weighted by Gasteiger charge is -2.68. The summed E-state index contributed by atoms with van der Waals surface area (Å²) in [7, 11) is 0.497. The quantitative estimate of drug-likeness (QED) is 0.156. The van der Waals surface area contributed by atoms with Crippen LogP contribution in [0, 0.1) is 16.7 Å². The summed E-state index contributed by atoms with van der Waals surface area (Å²) in [6.45, 7) is 14.1. The largest absolute Gasteiger partial charge is 0.455 e. The van der Waals surface area contributed by atoms with Crippen LogP contribution in [0.2, 0.25) is 18.1 Å². The molecule has 51 heavy (non-hydrogen) atoms. The van der Waals surface area contributed by atoms with E-state index in [0.717, 1.165) is 18.1 Å². The van der Waals surface area contributed by atoms with E-state index in [1.165, 1.54) is 25.9 Å². The summed E-state index contributed by atoms with van der Waals surface area (Å²) in [4.78, 5) is 57.7. The van der Waals surface area contributed by atoms with Crippen LogP contribution in [0.25, 0.3) is 0 Å². The molecule has 0 spiro atoms. The lowest BCUT2D eigenvalue weighted by molar-refractivity contribution is -0.344. The highest BCUT2D eigenvalue weighted by molar-refractivity contribution is 6.73. The fourth-order valence-corrected chi connectivity index (χ4v) is 12.3. The number of Topliss-reactive ketones (excluding diaryl/α,β-unsaturated/α-hetero) is 1. The van der Waals surface area contributed by atoms with Gasteiger partial charge in [0.05, 0.1) is 35.7 Å². The predicted molar refractivity (Wildman–Crippen MR) is 189 cm³/mol. The first kappa shape index (κ1) is 39.1. The lowest BCUT2D eigenvalue weighted by Crippen LogP contribution is -2.82. The van der Waals surface area contributed by atoms with Crippen LogP contribution in [0.1, 0.15) is 78.6 Å². The molecule has 2 saturated carbocycles. The number of amides is 1. The van der Waals surface area contributed by atoms with Crippen LogP contribution in [-0.2, 0) is 33.0 Å². The first-order chi connectivity index (χ1) is 23.8. The summed E-state index contributed by atoms with van der Waals surface area (Å²) >= 11 is 0. The smallest absolute Gasteiger partial charge is 0.410 e. The second-order valence-electron chi connectivity index (χ2n) is 15.8. The van der Waals surface area contributed by atoms with Crippen LogP contribution in [0.4, 0.5) is 4.79 Å². The maximum absolute atomic E-state index is 15.8. The maximum atomic E-state index is 15.8. The molecule has 1 amide bonds. The summed E-state index contributed by atoms with van der Waals surface area (Å²) < 4.78 is 32.2. The fourth-order valence-electron chi connectivity index (χ4n) is 9.40. The van der Waals surface area contributed by atoms with Crippen molar-refractivity contribution in [3.63, 3.8) is 0 Å². The topological polar surface area (TPSA) is 158 Å². The van der Waals surface area contributed by atoms with Crippen LogP contribution in [0.3, 0.4) is 0 Å². The number of fused-ring (bicyclic) bond motifs is 5. The minimum absolute atomic E-state index is 0.141. The van der Waals surface area contributed by atoms with E-state index in [4.69, 9.17) is 23.4 Å². The Morgan fingerprint density at radius 1 is 1.02 bits per heavy atom. The zero-order valence-corrected chi connectivity index (χ0v) is 32.6. The molecule has 2 N–H and O–H groups in total. The number of ether oxygens (including phenoxy) is 4. The van der Waals surface area contributed by atoms with E-state index in [0.29, 0.717) is 5.57 Å². The van der Waals surface area contributed by atoms with Gasteiger partial charge in [-0.1, -0.05) is 52.8 Å². The monoisotopic (exact) mass is 729 g/mol. The summed E-state index contributed by atoms with van der Waals surface area (Å²) in [6.07, 6.45) is -6.99. The number of hydrogen-bond donors (Lipinski definition) is 2. The molecule has 2 bridgehead atoms. The lowest BCUT2D eigenvalue weighted by atomic mass is 9.44. The molecule has 4 aliphatic rings. The molecule has 0 aromatic heterocycles. The zero-order chi connectivity index (χ0) is 37.9. The van der Waals surface area contributed by atoms with Crippen molar-refractivity contribution >= 4 is 32.1 Å². The van der Waals surface area contributed by atoms with Gasteiger partial charge in [-0.2, -0.15) is 0 Å². The van der Waals surface area contributed by atoms with Gasteiger partial charge in [0.15, 0.2) is 25.8 Å². The fraction of sp³-hybridized carbons (Fsp3) is 0.684. The number of carbonyl (C=O) groups excluding carboxylic acids is 4. The number of hydrogen-bond acceptors (Lipinski definition) is 11. The van der Waals surface area contributed by atoms with Gasteiger partial charge in [-0.05, 0) is 55.3 Å². The van der Waals surface area contributed by atoms with E-state index in [-0.39, 0.29) is 30.6 Å². The molecule has 1 aromatic carbocycles. The molecule has 9 atom stereocenters. The number of rotatable bonds is 9. The Morgan fingerprint density at radius 3 is 2.14 bits per heavy atom. The summed E-state index contributed by atoms with van der Waals surface area (Å²) in [5.74, 6) is -3.24. The number of aliphatic hydroxyl groups is 2. The molecule has 1 aliphatic heterocycles. The highest BCUT2D eigenvalue weighted by Gasteiger charge is 2.78. The van der Waals surface area contributed by atoms with Crippen LogP contribution in [-0.4, -0.2) is 110 Å². The van der Waals surface area contributed by atoms with Crippen LogP contribution in [0.5, 0.6) is 0 Å². The van der Waals surface area contributed by atoms with Gasteiger partial charge in [-0.15, -0.1) is 0 Å². The minimum Gasteiger partial charge on any atom is -0.455 e. The first-order valence-electron chi connectivity index (χ1n) is 18.1. The van der Waals surface area contributed by atoms with Gasteiger partial charge in [0, 0.05) is 39.3 Å². The van der Waals surface area contributed by atoms with E-state index in [2.05, 4.69) is 20.8 Å². The van der Waals surface area contributed by atoms with Gasteiger partial charge >= 0.3 is 18.0 Å². The third-order valence-electron chi connectivity index (χ3n) is 12.8. The Morgan fingerprint density at radius 2 is 1.63 bits per heavy atom. The molecule has 3 aliphatic carbocycles. The second-order valence-corrected chi connectivity index (χ2v) is 20.5. The first-order valence-corrected chi connectivity index (χ1v) is 20.6. The van der Waals surface area contributed by atoms with E-state index >= 15 is 4.79 Å². The molecule has 5 rings (SSSR count). The van der Waals surface area contributed by atoms with Crippen molar-refractivity contribution in [1.29, 1.82) is 0 Å². The van der Waals surface area contributed by atoms with Crippen LogP contribution >= 0.6 is 0 Å². The molecular weight excluding hydrogens is 675 g/mol. The van der Waals surface area contributed by atoms with E-state index in [9.17, 15) is 24.6 Å². The van der Waals surface area contributed by atoms with Crippen molar-refractivity contribution < 1.29 is 52.8 Å². The van der Waals surface area contributed by atoms with Gasteiger partial charge in [0.1, 0.15) is 17.8 Å². The Kier molecular flexibility index (Phi) is 10.5. The van der Waals surface area contributed by atoms with Gasteiger partial charge in [0.25, 0.3) is 0 Å². The Bertz CT molecular complexity index is 1570. The number of carbonyl (C=O) groups is 4. The van der Waals surface area contributed by atoms with Crippen molar-refractivity contribution in [3.05, 3.63) is 47.0 Å². The van der Waals surface area contributed by atoms with Crippen molar-refractivity contribution in [2.45, 2.75) is 128 Å². The zero-order valence-electron chi connectivity index (χ0n) is 31.6. The molecule has 1 heterocycles. The Labute approximate surface area is 301 Å². The highest BCUT2D eigenvalue weighted by atomic mass is 28.4.